The molecule has 196 valence electrons. The zero-order valence-electron chi connectivity index (χ0n) is 21.5. The third-order valence-electron chi connectivity index (χ3n) is 6.82. The molecule has 0 unspecified atom stereocenters. The first-order valence-corrected chi connectivity index (χ1v) is 12.8. The minimum Gasteiger partial charge on any atom is -0.507 e. The molecule has 3 N–H and O–H groups in total. The van der Waals surface area contributed by atoms with Crippen LogP contribution in [0.3, 0.4) is 0 Å². The van der Waals surface area contributed by atoms with Gasteiger partial charge in [0.05, 0.1) is 24.3 Å². The van der Waals surface area contributed by atoms with Crippen LogP contribution in [0, 0.1) is 6.92 Å². The highest BCUT2D eigenvalue weighted by atomic mass is 16.5. The van der Waals surface area contributed by atoms with Gasteiger partial charge < -0.3 is 24.8 Å². The normalized spacial score (nSPS) is 13.9. The van der Waals surface area contributed by atoms with Crippen molar-refractivity contribution in [2.45, 2.75) is 20.4 Å². The molecule has 0 atom stereocenters. The van der Waals surface area contributed by atoms with E-state index in [9.17, 15) is 15.0 Å². The summed E-state index contributed by atoms with van der Waals surface area (Å²) >= 11 is 0. The van der Waals surface area contributed by atoms with Gasteiger partial charge in [-0.3, -0.25) is 9.69 Å². The van der Waals surface area contributed by atoms with E-state index in [1.165, 1.54) is 6.07 Å². The average Bonchev–Trinajstić information content (AvgIpc) is 3.35. The molecule has 0 spiro atoms. The van der Waals surface area contributed by atoms with E-state index < -0.39 is 0 Å². The third kappa shape index (κ3) is 5.01. The topological polar surface area (TPSA) is 108 Å². The van der Waals surface area contributed by atoms with Gasteiger partial charge in [-0.05, 0) is 36.1 Å². The number of hydrogen-bond acceptors (Lipinski definition) is 7. The Morgan fingerprint density at radius 3 is 2.29 bits per heavy atom. The molecule has 0 aliphatic carbocycles. The van der Waals surface area contributed by atoms with Crippen LogP contribution in [-0.2, 0) is 11.3 Å². The highest BCUT2D eigenvalue weighted by Crippen LogP contribution is 2.47. The van der Waals surface area contributed by atoms with Crippen LogP contribution in [0.1, 0.15) is 28.5 Å². The van der Waals surface area contributed by atoms with E-state index in [0.29, 0.717) is 28.8 Å². The van der Waals surface area contributed by atoms with E-state index in [-0.39, 0.29) is 28.9 Å². The Morgan fingerprint density at radius 1 is 0.947 bits per heavy atom. The summed E-state index contributed by atoms with van der Waals surface area (Å²) in [6.45, 7) is 8.13. The number of benzene rings is 3. The SMILES string of the molecule is CCNC(=O)c1noc(-c2c(O)cc(O)c(-c3ccccc3)c2C)c1-c1ccc(CN2CCOCC2)cc1. The number of nitrogens with zero attached hydrogens (tertiary/aromatic N) is 2. The van der Waals surface area contributed by atoms with Crippen molar-refractivity contribution in [3.05, 3.63) is 77.5 Å². The number of rotatable bonds is 7. The highest BCUT2D eigenvalue weighted by molar-refractivity contribution is 6.03. The Balaban J connectivity index is 1.61. The Bertz CT molecular complexity index is 1420. The summed E-state index contributed by atoms with van der Waals surface area (Å²) in [7, 11) is 0. The molecule has 0 bridgehead atoms. The highest BCUT2D eigenvalue weighted by Gasteiger charge is 2.29. The van der Waals surface area contributed by atoms with Crippen LogP contribution in [0.2, 0.25) is 0 Å². The maximum absolute atomic E-state index is 13.0. The number of ether oxygens (including phenoxy) is 1. The van der Waals surface area contributed by atoms with Gasteiger partial charge in [0.15, 0.2) is 11.5 Å². The van der Waals surface area contributed by atoms with Crippen LogP contribution in [0.25, 0.3) is 33.6 Å². The molecule has 38 heavy (non-hydrogen) atoms. The molecule has 1 saturated heterocycles. The van der Waals surface area contributed by atoms with E-state index in [4.69, 9.17) is 9.26 Å². The van der Waals surface area contributed by atoms with Gasteiger partial charge >= 0.3 is 0 Å². The quantitative estimate of drug-likeness (QED) is 0.320. The number of hydrogen-bond donors (Lipinski definition) is 3. The molecule has 3 aromatic carbocycles. The zero-order chi connectivity index (χ0) is 26.6. The van der Waals surface area contributed by atoms with Gasteiger partial charge in [-0.2, -0.15) is 0 Å². The first-order valence-electron chi connectivity index (χ1n) is 12.8. The Labute approximate surface area is 221 Å². The molecule has 4 aromatic rings. The van der Waals surface area contributed by atoms with Crippen LogP contribution in [-0.4, -0.2) is 59.0 Å². The molecule has 8 heteroatoms. The Morgan fingerprint density at radius 2 is 1.61 bits per heavy atom. The average molecular weight is 514 g/mol. The minimum atomic E-state index is -0.367. The number of carbonyl (C=O) groups is 1. The number of aromatic hydroxyl groups is 2. The molecule has 1 aromatic heterocycles. The summed E-state index contributed by atoms with van der Waals surface area (Å²) in [6, 6.07) is 18.7. The van der Waals surface area contributed by atoms with Gasteiger partial charge in [0.1, 0.15) is 11.5 Å². The van der Waals surface area contributed by atoms with E-state index in [2.05, 4.69) is 15.4 Å². The van der Waals surface area contributed by atoms with E-state index in [1.807, 2.05) is 61.5 Å². The monoisotopic (exact) mass is 513 g/mol. The number of carbonyl (C=O) groups excluding carboxylic acids is 1. The summed E-state index contributed by atoms with van der Waals surface area (Å²) in [4.78, 5) is 15.3. The van der Waals surface area contributed by atoms with E-state index in [0.717, 1.165) is 49.5 Å². The zero-order valence-corrected chi connectivity index (χ0v) is 21.5. The number of phenols is 2. The number of amides is 1. The minimum absolute atomic E-state index is 0.0487. The fourth-order valence-electron chi connectivity index (χ4n) is 4.96. The molecular formula is C30H31N3O5. The fourth-order valence-corrected chi connectivity index (χ4v) is 4.96. The molecule has 5 rings (SSSR count). The van der Waals surface area contributed by atoms with Crippen molar-refractivity contribution in [3.63, 3.8) is 0 Å². The number of phenolic OH excluding ortho intramolecular Hbond substituents is 2. The lowest BCUT2D eigenvalue weighted by atomic mass is 9.90. The third-order valence-corrected chi connectivity index (χ3v) is 6.82. The van der Waals surface area contributed by atoms with Crippen LogP contribution in [0.5, 0.6) is 11.5 Å². The second kappa shape index (κ2) is 11.1. The lowest BCUT2D eigenvalue weighted by Crippen LogP contribution is -2.35. The van der Waals surface area contributed by atoms with Gasteiger partial charge in [0.25, 0.3) is 5.91 Å². The predicted octanol–water partition coefficient (Wildman–Crippen LogP) is 4.98. The fraction of sp³-hybridized carbons (Fsp3) is 0.267. The standard InChI is InChI=1S/C30H31N3O5/c1-3-31-30(36)28-27(22-11-9-20(10-12-22)18-33-13-15-37-16-14-33)29(38-32-28)26-19(2)25(23(34)17-24(26)35)21-7-5-4-6-8-21/h4-12,17,34-35H,3,13-16,18H2,1-2H3,(H,31,36). The molecule has 1 fully saturated rings. The number of morpholine rings is 1. The van der Waals surface area contributed by atoms with Crippen LogP contribution in [0.4, 0.5) is 0 Å². The van der Waals surface area contributed by atoms with Crippen molar-refractivity contribution in [2.24, 2.45) is 0 Å². The van der Waals surface area contributed by atoms with Crippen molar-refractivity contribution in [1.82, 2.24) is 15.4 Å². The van der Waals surface area contributed by atoms with Crippen LogP contribution in [0.15, 0.2) is 65.2 Å². The summed E-state index contributed by atoms with van der Waals surface area (Å²) in [5.74, 6) is -0.315. The molecule has 8 nitrogen and oxygen atoms in total. The van der Waals surface area contributed by atoms with Crippen LogP contribution >= 0.6 is 0 Å². The van der Waals surface area contributed by atoms with Gasteiger partial charge in [-0.25, -0.2) is 0 Å². The first-order chi connectivity index (χ1) is 18.5. The van der Waals surface area contributed by atoms with Crippen molar-refractivity contribution in [3.8, 4) is 45.1 Å². The van der Waals surface area contributed by atoms with Gasteiger partial charge in [-0.15, -0.1) is 0 Å². The number of nitrogens with one attached hydrogen (secondary N) is 1. The smallest absolute Gasteiger partial charge is 0.274 e. The van der Waals surface area contributed by atoms with E-state index in [1.54, 1.807) is 6.92 Å². The van der Waals surface area contributed by atoms with Gasteiger partial charge in [0, 0.05) is 37.8 Å². The van der Waals surface area contributed by atoms with Crippen molar-refractivity contribution in [1.29, 1.82) is 0 Å². The maximum Gasteiger partial charge on any atom is 0.274 e. The van der Waals surface area contributed by atoms with Crippen molar-refractivity contribution in [2.75, 3.05) is 32.8 Å². The summed E-state index contributed by atoms with van der Waals surface area (Å²) in [5.41, 5.74) is 4.84. The molecule has 1 aliphatic rings. The predicted molar refractivity (Wildman–Crippen MR) is 145 cm³/mol. The summed E-state index contributed by atoms with van der Waals surface area (Å²) in [5, 5.41) is 28.6. The largest absolute Gasteiger partial charge is 0.507 e. The van der Waals surface area contributed by atoms with Crippen molar-refractivity contribution >= 4 is 5.91 Å². The van der Waals surface area contributed by atoms with Crippen LogP contribution < -0.4 is 5.32 Å². The summed E-state index contributed by atoms with van der Waals surface area (Å²) < 4.78 is 11.2. The van der Waals surface area contributed by atoms with Gasteiger partial charge in [-0.1, -0.05) is 59.8 Å². The Kier molecular flexibility index (Phi) is 7.44. The lowest BCUT2D eigenvalue weighted by molar-refractivity contribution is 0.0342. The van der Waals surface area contributed by atoms with Crippen molar-refractivity contribution < 1.29 is 24.3 Å². The molecule has 1 aliphatic heterocycles. The summed E-state index contributed by atoms with van der Waals surface area (Å²) in [6.07, 6.45) is 0. The molecular weight excluding hydrogens is 482 g/mol. The molecule has 2 heterocycles. The Hall–Kier alpha value is -4.14. The number of aromatic nitrogens is 1. The maximum atomic E-state index is 13.0. The van der Waals surface area contributed by atoms with E-state index >= 15 is 0 Å². The second-order valence-corrected chi connectivity index (χ2v) is 9.34. The molecule has 0 saturated carbocycles. The molecule has 0 radical (unpaired) electrons. The van der Waals surface area contributed by atoms with Gasteiger partial charge in [0.2, 0.25) is 0 Å². The second-order valence-electron chi connectivity index (χ2n) is 9.34. The first kappa shape index (κ1) is 25.5. The molecule has 1 amide bonds. The lowest BCUT2D eigenvalue weighted by Gasteiger charge is -2.26.